The summed E-state index contributed by atoms with van der Waals surface area (Å²) >= 11 is 0. The Labute approximate surface area is 323 Å². The highest BCUT2D eigenvalue weighted by molar-refractivity contribution is 6.12. The van der Waals surface area contributed by atoms with E-state index in [2.05, 4.69) is 223 Å². The second-order valence-electron chi connectivity index (χ2n) is 13.8. The maximum atomic E-state index is 3.93. The summed E-state index contributed by atoms with van der Waals surface area (Å²) in [6, 6.07) is 69.7. The fourth-order valence-electron chi connectivity index (χ4n) is 7.94. The van der Waals surface area contributed by atoms with Crippen molar-refractivity contribution in [2.45, 2.75) is 6.92 Å². The summed E-state index contributed by atoms with van der Waals surface area (Å²) in [5, 5.41) is 3.77. The highest BCUT2D eigenvalue weighted by atomic mass is 15.1. The molecule has 0 saturated carbocycles. The number of allylic oxidation sites excluding steroid dienone is 2. The highest BCUT2D eigenvalue weighted by Crippen LogP contribution is 2.40. The Hall–Kier alpha value is -7.16. The molecule has 0 radical (unpaired) electrons. The van der Waals surface area contributed by atoms with Crippen molar-refractivity contribution >= 4 is 44.8 Å². The van der Waals surface area contributed by atoms with Crippen molar-refractivity contribution in [3.8, 4) is 39.1 Å². The Bertz CT molecular complexity index is 2790. The van der Waals surface area contributed by atoms with E-state index < -0.39 is 0 Å². The highest BCUT2D eigenvalue weighted by Gasteiger charge is 2.17. The van der Waals surface area contributed by atoms with Crippen molar-refractivity contribution in [1.82, 2.24) is 4.57 Å². The molecule has 0 unspecified atom stereocenters. The van der Waals surface area contributed by atoms with Gasteiger partial charge < -0.3 is 9.47 Å². The molecule has 0 spiro atoms. The van der Waals surface area contributed by atoms with Gasteiger partial charge in [-0.05, 0) is 106 Å². The number of nitrogens with zero attached hydrogens (tertiary/aromatic N) is 2. The molecule has 9 rings (SSSR count). The first kappa shape index (κ1) is 33.7. The van der Waals surface area contributed by atoms with Gasteiger partial charge in [0.1, 0.15) is 0 Å². The molecule has 0 atom stereocenters. The molecule has 8 aromatic carbocycles. The lowest BCUT2D eigenvalue weighted by molar-refractivity contribution is 1.05. The molecular weight excluding hydrogens is 665 g/mol. The number of hydrogen-bond donors (Lipinski definition) is 0. The summed E-state index contributed by atoms with van der Waals surface area (Å²) in [5.41, 5.74) is 15.3. The van der Waals surface area contributed by atoms with E-state index in [4.69, 9.17) is 0 Å². The van der Waals surface area contributed by atoms with Crippen LogP contribution in [0.25, 0.3) is 66.8 Å². The second kappa shape index (κ2) is 14.7. The summed E-state index contributed by atoms with van der Waals surface area (Å²) in [5.74, 6) is 0. The average molecular weight is 705 g/mol. The molecule has 1 aromatic heterocycles. The number of para-hydroxylation sites is 1. The third kappa shape index (κ3) is 6.34. The SMILES string of the molecule is C=C/C=C\c1c(C)n(-c2ccc(-c3ccccc3-c3ccc(N(c4ccccc4)c4ccc(-c5ccccc5)cc4)cc3)cc2)c2ccc3ccccc3c12. The summed E-state index contributed by atoms with van der Waals surface area (Å²) in [7, 11) is 0. The van der Waals surface area contributed by atoms with Gasteiger partial charge in [0.2, 0.25) is 0 Å². The fraction of sp³-hybridized carbons (Fsp3) is 0.0189. The summed E-state index contributed by atoms with van der Waals surface area (Å²) in [4.78, 5) is 2.32. The molecule has 262 valence electrons. The minimum Gasteiger partial charge on any atom is -0.313 e. The van der Waals surface area contributed by atoms with Crippen LogP contribution in [0, 0.1) is 6.92 Å². The standard InChI is InChI=1S/C53H40N2/c1-3-4-20-48-38(2)54(52-37-30-41-17-11-12-23-51(41)53(48)52)45-33-26-42(27-34-45)49-21-13-14-22-50(49)43-28-35-47(36-29-43)55(44-18-9-6-10-19-44)46-31-24-40(25-32-46)39-15-7-5-8-16-39/h3-37H,1H2,2H3/b20-4-. The molecule has 1 heterocycles. The maximum absolute atomic E-state index is 3.93. The van der Waals surface area contributed by atoms with Gasteiger partial charge in [-0.25, -0.2) is 0 Å². The Balaban J connectivity index is 1.06. The van der Waals surface area contributed by atoms with Crippen LogP contribution in [-0.4, -0.2) is 4.57 Å². The average Bonchev–Trinajstić information content (AvgIpc) is 3.55. The lowest BCUT2D eigenvalue weighted by Crippen LogP contribution is -2.09. The van der Waals surface area contributed by atoms with Crippen LogP contribution in [0.2, 0.25) is 0 Å². The normalized spacial score (nSPS) is 11.4. The maximum Gasteiger partial charge on any atom is 0.0544 e. The Morgan fingerprint density at radius 1 is 0.473 bits per heavy atom. The first-order valence-corrected chi connectivity index (χ1v) is 18.8. The van der Waals surface area contributed by atoms with Crippen LogP contribution in [0.3, 0.4) is 0 Å². The quantitative estimate of drug-likeness (QED) is 0.136. The van der Waals surface area contributed by atoms with E-state index in [1.165, 1.54) is 66.3 Å². The van der Waals surface area contributed by atoms with Crippen LogP contribution in [0.5, 0.6) is 0 Å². The zero-order chi connectivity index (χ0) is 37.1. The van der Waals surface area contributed by atoms with Gasteiger partial charge in [-0.15, -0.1) is 0 Å². The minimum atomic E-state index is 1.11. The van der Waals surface area contributed by atoms with Crippen LogP contribution in [-0.2, 0) is 0 Å². The summed E-state index contributed by atoms with van der Waals surface area (Å²) in [6.07, 6.45) is 6.06. The number of aromatic nitrogens is 1. The van der Waals surface area contributed by atoms with Crippen LogP contribution < -0.4 is 4.90 Å². The monoisotopic (exact) mass is 704 g/mol. The lowest BCUT2D eigenvalue weighted by atomic mass is 9.94. The van der Waals surface area contributed by atoms with E-state index in [1.54, 1.807) is 0 Å². The molecule has 0 N–H and O–H groups in total. The first-order valence-electron chi connectivity index (χ1n) is 18.8. The summed E-state index contributed by atoms with van der Waals surface area (Å²) < 4.78 is 2.38. The van der Waals surface area contributed by atoms with Gasteiger partial charge >= 0.3 is 0 Å². The predicted molar refractivity (Wildman–Crippen MR) is 236 cm³/mol. The molecule has 0 aliphatic carbocycles. The minimum absolute atomic E-state index is 1.11. The third-order valence-electron chi connectivity index (χ3n) is 10.6. The van der Waals surface area contributed by atoms with Crippen molar-refractivity contribution in [3.05, 3.63) is 224 Å². The molecule has 0 saturated heterocycles. The zero-order valence-corrected chi connectivity index (χ0v) is 30.8. The van der Waals surface area contributed by atoms with Crippen molar-refractivity contribution in [2.24, 2.45) is 0 Å². The Morgan fingerprint density at radius 2 is 0.982 bits per heavy atom. The third-order valence-corrected chi connectivity index (χ3v) is 10.6. The van der Waals surface area contributed by atoms with Crippen LogP contribution >= 0.6 is 0 Å². The number of hydrogen-bond acceptors (Lipinski definition) is 1. The van der Waals surface area contributed by atoms with Crippen molar-refractivity contribution in [2.75, 3.05) is 4.90 Å². The predicted octanol–water partition coefficient (Wildman–Crippen LogP) is 14.8. The van der Waals surface area contributed by atoms with Crippen molar-refractivity contribution in [3.63, 3.8) is 0 Å². The molecule has 55 heavy (non-hydrogen) atoms. The fourth-order valence-corrected chi connectivity index (χ4v) is 7.94. The first-order chi connectivity index (χ1) is 27.2. The Kier molecular flexibility index (Phi) is 8.99. The van der Waals surface area contributed by atoms with E-state index >= 15 is 0 Å². The molecule has 0 fully saturated rings. The molecule has 2 nitrogen and oxygen atoms in total. The van der Waals surface area contributed by atoms with Gasteiger partial charge in [-0.2, -0.15) is 0 Å². The second-order valence-corrected chi connectivity index (χ2v) is 13.8. The number of anilines is 3. The van der Waals surface area contributed by atoms with E-state index in [-0.39, 0.29) is 0 Å². The number of rotatable bonds is 9. The van der Waals surface area contributed by atoms with Gasteiger partial charge in [0.05, 0.1) is 5.52 Å². The lowest BCUT2D eigenvalue weighted by Gasteiger charge is -2.26. The smallest absolute Gasteiger partial charge is 0.0544 e. The van der Waals surface area contributed by atoms with Crippen LogP contribution in [0.1, 0.15) is 11.3 Å². The van der Waals surface area contributed by atoms with E-state index in [0.717, 1.165) is 22.7 Å². The number of benzene rings is 8. The topological polar surface area (TPSA) is 8.17 Å². The van der Waals surface area contributed by atoms with E-state index in [0.29, 0.717) is 0 Å². The molecule has 0 aliphatic heterocycles. The summed E-state index contributed by atoms with van der Waals surface area (Å²) in [6.45, 7) is 6.14. The van der Waals surface area contributed by atoms with E-state index in [1.807, 2.05) is 12.2 Å². The van der Waals surface area contributed by atoms with Crippen molar-refractivity contribution < 1.29 is 0 Å². The van der Waals surface area contributed by atoms with Crippen LogP contribution in [0.15, 0.2) is 213 Å². The number of fused-ring (bicyclic) bond motifs is 3. The van der Waals surface area contributed by atoms with E-state index in [9.17, 15) is 0 Å². The van der Waals surface area contributed by atoms with Crippen molar-refractivity contribution in [1.29, 1.82) is 0 Å². The zero-order valence-electron chi connectivity index (χ0n) is 30.8. The Morgan fingerprint density at radius 3 is 1.62 bits per heavy atom. The van der Waals surface area contributed by atoms with Gasteiger partial charge in [0.25, 0.3) is 0 Å². The molecule has 2 heteroatoms. The van der Waals surface area contributed by atoms with Gasteiger partial charge in [-0.3, -0.25) is 0 Å². The molecule has 9 aromatic rings. The molecule has 0 bridgehead atoms. The largest absolute Gasteiger partial charge is 0.313 e. The molecule has 0 aliphatic rings. The van der Waals surface area contributed by atoms with Gasteiger partial charge in [0, 0.05) is 39.4 Å². The molecular formula is C53H40N2. The van der Waals surface area contributed by atoms with Crippen LogP contribution in [0.4, 0.5) is 17.1 Å². The molecule has 0 amide bonds. The van der Waals surface area contributed by atoms with Gasteiger partial charge in [-0.1, -0.05) is 164 Å². The van der Waals surface area contributed by atoms with Gasteiger partial charge in [0.15, 0.2) is 0 Å².